The monoisotopic (exact) mass is 409 g/mol. The minimum Gasteiger partial charge on any atom is -0.491 e. The lowest BCUT2D eigenvalue weighted by Gasteiger charge is -2.21. The number of likely N-dealkylation sites (tertiary alicyclic amines) is 1. The molecule has 0 saturated carbocycles. The van der Waals surface area contributed by atoms with Crippen LogP contribution in [0.25, 0.3) is 11.1 Å². The van der Waals surface area contributed by atoms with Gasteiger partial charge >= 0.3 is 5.97 Å². The molecule has 0 radical (unpaired) electrons. The van der Waals surface area contributed by atoms with Gasteiger partial charge in [0.15, 0.2) is 0 Å². The third-order valence-electron chi connectivity index (χ3n) is 5.09. The number of nitrogens with zero attached hydrogens (tertiary/aromatic N) is 1. The number of nitrogens with two attached hydrogens (primary N) is 1. The van der Waals surface area contributed by atoms with E-state index in [1.54, 1.807) is 24.3 Å². The molecule has 2 unspecified atom stereocenters. The normalized spacial score (nSPS) is 18.3. The van der Waals surface area contributed by atoms with E-state index < -0.39 is 29.7 Å². The molecule has 0 aromatic heterocycles. The van der Waals surface area contributed by atoms with Gasteiger partial charge in [0.2, 0.25) is 11.8 Å². The van der Waals surface area contributed by atoms with Gasteiger partial charge in [-0.25, -0.2) is 0 Å². The van der Waals surface area contributed by atoms with Crippen LogP contribution in [0.4, 0.5) is 0 Å². The summed E-state index contributed by atoms with van der Waals surface area (Å²) in [6, 6.07) is 14.2. The summed E-state index contributed by atoms with van der Waals surface area (Å²) in [5, 5.41) is 16.4. The summed E-state index contributed by atoms with van der Waals surface area (Å²) in [5.74, 6) is -2.04. The number of carboxylic acid groups (broad SMARTS) is 1. The van der Waals surface area contributed by atoms with Crippen LogP contribution in [-0.4, -0.2) is 46.3 Å². The van der Waals surface area contributed by atoms with E-state index in [9.17, 15) is 14.4 Å². The Hall–Kier alpha value is -3.68. The van der Waals surface area contributed by atoms with Crippen molar-refractivity contribution in [2.45, 2.75) is 25.8 Å². The van der Waals surface area contributed by atoms with Crippen LogP contribution in [0.1, 0.15) is 25.3 Å². The van der Waals surface area contributed by atoms with E-state index in [0.29, 0.717) is 11.3 Å². The summed E-state index contributed by atoms with van der Waals surface area (Å²) in [5.41, 5.74) is 8.05. The summed E-state index contributed by atoms with van der Waals surface area (Å²) in [4.78, 5) is 36.3. The summed E-state index contributed by atoms with van der Waals surface area (Å²) >= 11 is 0. The van der Waals surface area contributed by atoms with Crippen molar-refractivity contribution in [1.29, 1.82) is 5.41 Å². The lowest BCUT2D eigenvalue weighted by molar-refractivity contribution is -0.147. The maximum Gasteiger partial charge on any atom is 0.304 e. The molecule has 1 aliphatic rings. The molecule has 156 valence electrons. The van der Waals surface area contributed by atoms with Gasteiger partial charge in [-0.05, 0) is 29.7 Å². The van der Waals surface area contributed by atoms with Crippen LogP contribution in [0, 0.1) is 11.3 Å². The third kappa shape index (κ3) is 4.65. The summed E-state index contributed by atoms with van der Waals surface area (Å²) in [6.07, 6.45) is -0.0263. The average Bonchev–Trinajstić information content (AvgIpc) is 3.01. The second kappa shape index (κ2) is 8.77. The zero-order valence-electron chi connectivity index (χ0n) is 16.5. The van der Waals surface area contributed by atoms with Crippen molar-refractivity contribution in [2.24, 2.45) is 11.7 Å². The molecule has 2 aromatic rings. The van der Waals surface area contributed by atoms with Gasteiger partial charge in [-0.3, -0.25) is 24.7 Å². The lowest BCUT2D eigenvalue weighted by Crippen LogP contribution is -2.40. The number of hydrogen-bond acceptors (Lipinski definition) is 5. The van der Waals surface area contributed by atoms with Gasteiger partial charge in [0.25, 0.3) is 0 Å². The molecule has 2 amide bonds. The van der Waals surface area contributed by atoms with Crippen LogP contribution in [0.5, 0.6) is 5.75 Å². The Morgan fingerprint density at radius 2 is 1.70 bits per heavy atom. The molecule has 1 heterocycles. The number of ether oxygens (including phenoxy) is 1. The van der Waals surface area contributed by atoms with E-state index in [1.807, 2.05) is 24.3 Å². The predicted octanol–water partition coefficient (Wildman–Crippen LogP) is 2.25. The number of rotatable bonds is 7. The first kappa shape index (κ1) is 21.0. The van der Waals surface area contributed by atoms with Gasteiger partial charge in [-0.15, -0.1) is 0 Å². The molecular formula is C22H23N3O5. The minimum absolute atomic E-state index is 0.0147. The summed E-state index contributed by atoms with van der Waals surface area (Å²) in [6.45, 7) is 1.40. The summed E-state index contributed by atoms with van der Waals surface area (Å²) in [7, 11) is 0. The molecule has 0 aliphatic carbocycles. The largest absolute Gasteiger partial charge is 0.491 e. The Morgan fingerprint density at radius 1 is 1.13 bits per heavy atom. The highest BCUT2D eigenvalue weighted by molar-refractivity contribution is 5.98. The number of imide groups is 1. The smallest absolute Gasteiger partial charge is 0.304 e. The maximum atomic E-state index is 12.3. The molecule has 1 aliphatic heterocycles. The highest BCUT2D eigenvalue weighted by Gasteiger charge is 2.42. The highest BCUT2D eigenvalue weighted by atomic mass is 16.5. The van der Waals surface area contributed by atoms with Crippen LogP contribution in [-0.2, 0) is 14.4 Å². The Bertz CT molecular complexity index is 969. The van der Waals surface area contributed by atoms with Crippen molar-refractivity contribution < 1.29 is 24.2 Å². The van der Waals surface area contributed by atoms with E-state index in [1.165, 1.54) is 6.92 Å². The zero-order valence-corrected chi connectivity index (χ0v) is 16.5. The van der Waals surface area contributed by atoms with Crippen molar-refractivity contribution >= 4 is 23.6 Å². The van der Waals surface area contributed by atoms with Crippen molar-refractivity contribution in [3.63, 3.8) is 0 Å². The van der Waals surface area contributed by atoms with Gasteiger partial charge in [-0.2, -0.15) is 0 Å². The van der Waals surface area contributed by atoms with Crippen molar-refractivity contribution in [3.05, 3.63) is 54.1 Å². The van der Waals surface area contributed by atoms with Crippen LogP contribution < -0.4 is 10.5 Å². The fraction of sp³-hybridized carbons (Fsp3) is 0.273. The van der Waals surface area contributed by atoms with Crippen LogP contribution in [0.3, 0.4) is 0 Å². The highest BCUT2D eigenvalue weighted by Crippen LogP contribution is 2.29. The quantitative estimate of drug-likeness (QED) is 0.474. The molecule has 0 bridgehead atoms. The Morgan fingerprint density at radius 3 is 2.20 bits per heavy atom. The van der Waals surface area contributed by atoms with Gasteiger partial charge in [-0.1, -0.05) is 36.4 Å². The predicted molar refractivity (Wildman–Crippen MR) is 110 cm³/mol. The fourth-order valence-corrected chi connectivity index (χ4v) is 3.63. The molecule has 4 N–H and O–H groups in total. The van der Waals surface area contributed by atoms with E-state index in [2.05, 4.69) is 0 Å². The average molecular weight is 409 g/mol. The van der Waals surface area contributed by atoms with Crippen LogP contribution >= 0.6 is 0 Å². The van der Waals surface area contributed by atoms with Crippen molar-refractivity contribution in [3.8, 4) is 16.9 Å². The number of carbonyl (C=O) groups is 3. The van der Waals surface area contributed by atoms with Gasteiger partial charge < -0.3 is 15.6 Å². The second-order valence-corrected chi connectivity index (χ2v) is 7.24. The van der Waals surface area contributed by atoms with E-state index >= 15 is 0 Å². The number of aliphatic carboxylic acids is 1. The molecule has 3 rings (SSSR count). The first-order valence-electron chi connectivity index (χ1n) is 9.49. The molecule has 8 nitrogen and oxygen atoms in total. The van der Waals surface area contributed by atoms with Crippen LogP contribution in [0.2, 0.25) is 0 Å². The number of amides is 2. The molecule has 0 spiro atoms. The van der Waals surface area contributed by atoms with Crippen LogP contribution in [0.15, 0.2) is 48.5 Å². The maximum absolute atomic E-state index is 12.3. The lowest BCUT2D eigenvalue weighted by atomic mass is 10.0. The standard InChI is InChI=1S/C22H23N3O5/c1-13(26)25-18(10-17(22(25)29)11-20(27)28)12-30-19-8-6-15(7-9-19)14-2-4-16(5-3-14)21(23)24/h2-9,17-18H,10-12H2,1H3,(H3,23,24)(H,27,28). The van der Waals surface area contributed by atoms with E-state index in [0.717, 1.165) is 16.0 Å². The Kier molecular flexibility index (Phi) is 6.15. The number of carboxylic acids is 1. The molecular weight excluding hydrogens is 386 g/mol. The third-order valence-corrected chi connectivity index (χ3v) is 5.09. The molecule has 1 fully saturated rings. The SMILES string of the molecule is CC(=O)N1C(=O)C(CC(=O)O)CC1COc1ccc(-c2ccc(C(=N)N)cc2)cc1. The second-order valence-electron chi connectivity index (χ2n) is 7.24. The van der Waals surface area contributed by atoms with Gasteiger partial charge in [0.1, 0.15) is 18.2 Å². The van der Waals surface area contributed by atoms with Crippen molar-refractivity contribution in [1.82, 2.24) is 4.90 Å². The number of nitrogen functional groups attached to an aromatic ring is 1. The number of hydrogen-bond donors (Lipinski definition) is 3. The first-order valence-corrected chi connectivity index (χ1v) is 9.49. The van der Waals surface area contributed by atoms with E-state index in [4.69, 9.17) is 21.0 Å². The number of amidine groups is 1. The number of benzene rings is 2. The minimum atomic E-state index is -1.06. The topological polar surface area (TPSA) is 134 Å². The molecule has 1 saturated heterocycles. The van der Waals surface area contributed by atoms with Crippen molar-refractivity contribution in [2.75, 3.05) is 6.61 Å². The number of carbonyl (C=O) groups excluding carboxylic acids is 2. The van der Waals surface area contributed by atoms with Gasteiger partial charge in [0, 0.05) is 12.5 Å². The summed E-state index contributed by atoms with van der Waals surface area (Å²) < 4.78 is 5.78. The Labute approximate surface area is 173 Å². The molecule has 30 heavy (non-hydrogen) atoms. The van der Waals surface area contributed by atoms with E-state index in [-0.39, 0.29) is 25.3 Å². The molecule has 2 atom stereocenters. The Balaban J connectivity index is 1.65. The fourth-order valence-electron chi connectivity index (χ4n) is 3.63. The zero-order chi connectivity index (χ0) is 21.8. The number of nitrogens with one attached hydrogen (secondary N) is 1. The molecule has 8 heteroatoms. The molecule has 2 aromatic carbocycles. The first-order chi connectivity index (χ1) is 14.3. The van der Waals surface area contributed by atoms with Gasteiger partial charge in [0.05, 0.1) is 18.4 Å².